The fraction of sp³-hybridized carbons (Fsp3) is 0.512. The Bertz CT molecular complexity index is 2100. The van der Waals surface area contributed by atoms with Crippen molar-refractivity contribution < 1.29 is 23.0 Å². The second-order valence-electron chi connectivity index (χ2n) is 16.0. The van der Waals surface area contributed by atoms with Gasteiger partial charge < -0.3 is 19.7 Å². The minimum absolute atomic E-state index is 0.00244. The highest BCUT2D eigenvalue weighted by atomic mass is 35.5. The van der Waals surface area contributed by atoms with Crippen LogP contribution < -0.4 is 10.1 Å². The Morgan fingerprint density at radius 1 is 1.15 bits per heavy atom. The highest BCUT2D eigenvalue weighted by Gasteiger charge is 2.49. The Morgan fingerprint density at radius 3 is 2.74 bits per heavy atom. The Kier molecular flexibility index (Phi) is 9.44. The maximum Gasteiger partial charge on any atom is 0.319 e. The number of nitrogens with zero attached hydrogens (tertiary/aromatic N) is 6. The van der Waals surface area contributed by atoms with E-state index in [1.165, 1.54) is 0 Å². The standard InChI is InChI=1S/C41H46ClF2N7O3/c1-40(14-15-40)51(33(52)10-4-18-50-28-11-12-29(50)24-53-23-28)19-16-45-38-31-21-46-36(30-8-2-6-26-7-3-9-32(42)34(26)30)35(44)37(31)47-39(48-38)54-25-41-13-5-17-49(41)22-27(43)20-41/h2-4,6-10,21,27-29H,5,11-20,22-25H2,1H3,(H,45,47,48)/b10-4+/t27-,28-,29+,41+/m1/s1. The average molecular weight is 758 g/mol. The number of carbonyl (C=O) groups is 1. The highest BCUT2D eigenvalue weighted by molar-refractivity contribution is 6.36. The first-order valence-electron chi connectivity index (χ1n) is 19.3. The first-order valence-corrected chi connectivity index (χ1v) is 19.7. The zero-order valence-electron chi connectivity index (χ0n) is 30.6. The van der Waals surface area contributed by atoms with Crippen LogP contribution in [0, 0.1) is 5.82 Å². The summed E-state index contributed by atoms with van der Waals surface area (Å²) in [6, 6.07) is 12.0. The molecule has 1 N–H and O–H groups in total. The molecule has 5 fully saturated rings. The lowest BCUT2D eigenvalue weighted by molar-refractivity contribution is -0.128. The first kappa shape index (κ1) is 35.7. The SMILES string of the molecule is CC1(N(CCNc2nc(OC[C@@]34CCCN3C[C@H](F)C4)nc3c(F)c(-c4cccc5cccc(Cl)c45)ncc23)C(=O)/C=C/CN2[C@@H]3CC[C@H]2COC3)CC1. The fourth-order valence-electron chi connectivity index (χ4n) is 9.32. The third-order valence-corrected chi connectivity index (χ3v) is 12.8. The number of aromatic nitrogens is 3. The van der Waals surface area contributed by atoms with E-state index in [4.69, 9.17) is 26.1 Å². The van der Waals surface area contributed by atoms with Gasteiger partial charge in [-0.2, -0.15) is 9.97 Å². The summed E-state index contributed by atoms with van der Waals surface area (Å²) in [5.41, 5.74) is 0.0724. The molecule has 4 aliphatic heterocycles. The number of pyridine rings is 1. The summed E-state index contributed by atoms with van der Waals surface area (Å²) >= 11 is 6.63. The first-order chi connectivity index (χ1) is 26.2. The predicted molar refractivity (Wildman–Crippen MR) is 205 cm³/mol. The number of anilines is 1. The van der Waals surface area contributed by atoms with E-state index in [1.54, 1.807) is 24.4 Å². The van der Waals surface area contributed by atoms with E-state index < -0.39 is 17.5 Å². The lowest BCUT2D eigenvalue weighted by atomic mass is 9.95. The summed E-state index contributed by atoms with van der Waals surface area (Å²) in [7, 11) is 0. The number of hydrogen-bond acceptors (Lipinski definition) is 9. The molecule has 4 aromatic rings. The van der Waals surface area contributed by atoms with Gasteiger partial charge in [-0.1, -0.05) is 48.0 Å². The van der Waals surface area contributed by atoms with Gasteiger partial charge in [-0.3, -0.25) is 19.6 Å². The minimum Gasteiger partial charge on any atom is -0.461 e. The van der Waals surface area contributed by atoms with Crippen LogP contribution >= 0.6 is 11.6 Å². The van der Waals surface area contributed by atoms with Gasteiger partial charge in [-0.15, -0.1) is 0 Å². The zero-order chi connectivity index (χ0) is 37.0. The minimum atomic E-state index is -0.912. The van der Waals surface area contributed by atoms with Gasteiger partial charge in [0.15, 0.2) is 5.82 Å². The number of morpholine rings is 1. The van der Waals surface area contributed by atoms with Gasteiger partial charge in [0.1, 0.15) is 29.8 Å². The molecule has 2 bridgehead atoms. The number of ether oxygens (including phenoxy) is 2. The van der Waals surface area contributed by atoms with Crippen LogP contribution in [0.25, 0.3) is 32.9 Å². The van der Waals surface area contributed by atoms with Crippen molar-refractivity contribution in [2.45, 2.75) is 81.2 Å². The molecule has 1 aliphatic carbocycles. The number of hydrogen-bond donors (Lipinski definition) is 1. The van der Waals surface area contributed by atoms with Gasteiger partial charge in [0, 0.05) is 78.5 Å². The van der Waals surface area contributed by atoms with Crippen LogP contribution in [0.2, 0.25) is 5.02 Å². The Labute approximate surface area is 318 Å². The van der Waals surface area contributed by atoms with Crippen LogP contribution in [0.1, 0.15) is 51.9 Å². The molecular formula is C41H46ClF2N7O3. The molecule has 10 nitrogen and oxygen atoms in total. The molecule has 9 rings (SSSR count). The average Bonchev–Trinajstić information content (AvgIpc) is 3.58. The summed E-state index contributed by atoms with van der Waals surface area (Å²) in [5.74, 6) is -0.295. The number of fused-ring (bicyclic) bond motifs is 5. The van der Waals surface area contributed by atoms with E-state index in [9.17, 15) is 9.18 Å². The number of alkyl halides is 1. The van der Waals surface area contributed by atoms with E-state index in [0.29, 0.717) is 65.3 Å². The van der Waals surface area contributed by atoms with E-state index in [-0.39, 0.29) is 35.3 Å². The van der Waals surface area contributed by atoms with Gasteiger partial charge in [0.05, 0.1) is 24.1 Å². The summed E-state index contributed by atoms with van der Waals surface area (Å²) in [6.45, 7) is 6.57. The molecule has 5 aliphatic rings. The predicted octanol–water partition coefficient (Wildman–Crippen LogP) is 6.81. The third-order valence-electron chi connectivity index (χ3n) is 12.5. The van der Waals surface area contributed by atoms with Crippen molar-refractivity contribution in [2.75, 3.05) is 57.9 Å². The maximum absolute atomic E-state index is 16.8. The molecule has 54 heavy (non-hydrogen) atoms. The number of carbonyl (C=O) groups excluding carboxylic acids is 1. The lowest BCUT2D eigenvalue weighted by Crippen LogP contribution is -2.46. The van der Waals surface area contributed by atoms with Crippen molar-refractivity contribution in [1.82, 2.24) is 29.7 Å². The van der Waals surface area contributed by atoms with Gasteiger partial charge in [-0.05, 0) is 63.4 Å². The maximum atomic E-state index is 16.8. The van der Waals surface area contributed by atoms with Crippen LogP contribution in [0.5, 0.6) is 6.01 Å². The molecule has 1 amide bonds. The second kappa shape index (κ2) is 14.3. The third kappa shape index (κ3) is 6.58. The number of nitrogens with one attached hydrogen (secondary N) is 1. The van der Waals surface area contributed by atoms with Crippen LogP contribution in [-0.2, 0) is 9.53 Å². The van der Waals surface area contributed by atoms with E-state index in [1.807, 2.05) is 35.2 Å². The number of amides is 1. The molecule has 284 valence electrons. The smallest absolute Gasteiger partial charge is 0.319 e. The van der Waals surface area contributed by atoms with Crippen LogP contribution in [0.3, 0.4) is 0 Å². The van der Waals surface area contributed by atoms with E-state index in [2.05, 4.69) is 32.0 Å². The van der Waals surface area contributed by atoms with Crippen molar-refractivity contribution >= 4 is 45.0 Å². The molecule has 4 atom stereocenters. The Morgan fingerprint density at radius 2 is 1.94 bits per heavy atom. The van der Waals surface area contributed by atoms with Crippen molar-refractivity contribution in [2.24, 2.45) is 0 Å². The largest absolute Gasteiger partial charge is 0.461 e. The van der Waals surface area contributed by atoms with Gasteiger partial charge in [-0.25, -0.2) is 8.78 Å². The molecular weight excluding hydrogens is 712 g/mol. The highest BCUT2D eigenvalue weighted by Crippen LogP contribution is 2.43. The number of rotatable bonds is 12. The number of halogens is 3. The van der Waals surface area contributed by atoms with Gasteiger partial charge in [0.25, 0.3) is 0 Å². The second-order valence-corrected chi connectivity index (χ2v) is 16.4. The van der Waals surface area contributed by atoms with Crippen LogP contribution in [-0.4, -0.2) is 117 Å². The Hall–Kier alpha value is -3.97. The number of benzene rings is 2. The molecule has 13 heteroatoms. The van der Waals surface area contributed by atoms with Crippen molar-refractivity contribution in [3.8, 4) is 17.3 Å². The summed E-state index contributed by atoms with van der Waals surface area (Å²) in [4.78, 5) is 34.1. The summed E-state index contributed by atoms with van der Waals surface area (Å²) < 4.78 is 43.4. The van der Waals surface area contributed by atoms with Gasteiger partial charge in [0.2, 0.25) is 5.91 Å². The topological polar surface area (TPSA) is 95.9 Å². The Balaban J connectivity index is 0.991. The van der Waals surface area contributed by atoms with Crippen molar-refractivity contribution in [3.05, 3.63) is 65.6 Å². The quantitative estimate of drug-likeness (QED) is 0.157. The molecule has 0 spiro atoms. The fourth-order valence-corrected chi connectivity index (χ4v) is 9.61. The molecule has 6 heterocycles. The monoisotopic (exact) mass is 757 g/mol. The normalized spacial score (nSPS) is 26.2. The van der Waals surface area contributed by atoms with E-state index in [0.717, 1.165) is 70.2 Å². The summed E-state index contributed by atoms with van der Waals surface area (Å²) in [6.07, 6.45) is 10.7. The lowest BCUT2D eigenvalue weighted by Gasteiger charge is -2.33. The molecule has 1 saturated carbocycles. The van der Waals surface area contributed by atoms with Gasteiger partial charge >= 0.3 is 6.01 Å². The molecule has 0 radical (unpaired) electrons. The van der Waals surface area contributed by atoms with Crippen LogP contribution in [0.4, 0.5) is 14.6 Å². The molecule has 4 saturated heterocycles. The molecule has 0 unspecified atom stereocenters. The summed E-state index contributed by atoms with van der Waals surface area (Å²) in [5, 5.41) is 5.82. The van der Waals surface area contributed by atoms with Crippen molar-refractivity contribution in [1.29, 1.82) is 0 Å². The molecule has 2 aromatic heterocycles. The van der Waals surface area contributed by atoms with E-state index >= 15 is 4.39 Å². The van der Waals surface area contributed by atoms with Crippen LogP contribution in [0.15, 0.2) is 54.7 Å². The molecule has 2 aromatic carbocycles. The van der Waals surface area contributed by atoms with Crippen molar-refractivity contribution in [3.63, 3.8) is 0 Å². The zero-order valence-corrected chi connectivity index (χ0v) is 31.3.